The Labute approximate surface area is 81.2 Å². The third-order valence-corrected chi connectivity index (χ3v) is 2.25. The lowest BCUT2D eigenvalue weighted by Crippen LogP contribution is -2.03. The van der Waals surface area contributed by atoms with E-state index < -0.39 is 0 Å². The summed E-state index contributed by atoms with van der Waals surface area (Å²) >= 11 is 0. The Kier molecular flexibility index (Phi) is 3.81. The quantitative estimate of drug-likeness (QED) is 0.599. The number of hydrogen-bond donors (Lipinski definition) is 1. The lowest BCUT2D eigenvalue weighted by atomic mass is 10.2. The van der Waals surface area contributed by atoms with Crippen molar-refractivity contribution >= 4 is 0 Å². The monoisotopic (exact) mass is 177 g/mol. The SMILES string of the molecule is CC.CC1=CC=C2CCNC2=CC1. The molecule has 1 N–H and O–H groups in total. The highest BCUT2D eigenvalue weighted by Crippen LogP contribution is 2.22. The van der Waals surface area contributed by atoms with Gasteiger partial charge >= 0.3 is 0 Å². The molecule has 0 atom stereocenters. The normalized spacial score (nSPS) is 19.5. The largest absolute Gasteiger partial charge is 0.385 e. The smallest absolute Gasteiger partial charge is 0.0336 e. The molecule has 0 unspecified atom stereocenters. The molecule has 0 spiro atoms. The Balaban J connectivity index is 0.000000396. The highest BCUT2D eigenvalue weighted by Gasteiger charge is 2.12. The fourth-order valence-electron chi connectivity index (χ4n) is 1.53. The van der Waals surface area contributed by atoms with Crippen molar-refractivity contribution < 1.29 is 0 Å². The molecule has 1 nitrogen and oxygen atoms in total. The van der Waals surface area contributed by atoms with Crippen LogP contribution < -0.4 is 5.32 Å². The Morgan fingerprint density at radius 2 is 2.00 bits per heavy atom. The van der Waals surface area contributed by atoms with Crippen LogP contribution in [0.4, 0.5) is 0 Å². The molecule has 13 heavy (non-hydrogen) atoms. The van der Waals surface area contributed by atoms with Crippen molar-refractivity contribution in [2.45, 2.75) is 33.6 Å². The molecule has 0 amide bonds. The van der Waals surface area contributed by atoms with E-state index in [1.165, 1.54) is 23.3 Å². The highest BCUT2D eigenvalue weighted by molar-refractivity contribution is 5.40. The molecule has 1 heterocycles. The minimum atomic E-state index is 1.10. The summed E-state index contributed by atoms with van der Waals surface area (Å²) in [7, 11) is 0. The second-order valence-corrected chi connectivity index (χ2v) is 3.20. The van der Waals surface area contributed by atoms with E-state index in [0.717, 1.165) is 13.0 Å². The van der Waals surface area contributed by atoms with Crippen LogP contribution in [0.1, 0.15) is 33.6 Å². The second-order valence-electron chi connectivity index (χ2n) is 3.20. The zero-order chi connectivity index (χ0) is 9.68. The molecule has 1 aliphatic carbocycles. The van der Waals surface area contributed by atoms with E-state index in [2.05, 4.69) is 30.5 Å². The summed E-state index contributed by atoms with van der Waals surface area (Å²) in [4.78, 5) is 0. The summed E-state index contributed by atoms with van der Waals surface area (Å²) in [6.07, 6.45) is 9.05. The van der Waals surface area contributed by atoms with Crippen LogP contribution in [-0.2, 0) is 0 Å². The van der Waals surface area contributed by atoms with Crippen molar-refractivity contribution in [2.75, 3.05) is 6.54 Å². The molecule has 0 aromatic rings. The molecule has 0 radical (unpaired) electrons. The minimum Gasteiger partial charge on any atom is -0.385 e. The molecule has 1 saturated heterocycles. The van der Waals surface area contributed by atoms with Gasteiger partial charge in [0.1, 0.15) is 0 Å². The van der Waals surface area contributed by atoms with Crippen LogP contribution in [0.15, 0.2) is 35.1 Å². The summed E-state index contributed by atoms with van der Waals surface area (Å²) < 4.78 is 0. The van der Waals surface area contributed by atoms with Gasteiger partial charge in [-0.1, -0.05) is 37.6 Å². The average molecular weight is 177 g/mol. The van der Waals surface area contributed by atoms with Gasteiger partial charge in [-0.15, -0.1) is 0 Å². The van der Waals surface area contributed by atoms with E-state index in [4.69, 9.17) is 0 Å². The van der Waals surface area contributed by atoms with Gasteiger partial charge in [-0.2, -0.15) is 0 Å². The summed E-state index contributed by atoms with van der Waals surface area (Å²) in [6.45, 7) is 7.29. The first kappa shape index (κ1) is 10.1. The Morgan fingerprint density at radius 1 is 1.23 bits per heavy atom. The van der Waals surface area contributed by atoms with E-state index in [9.17, 15) is 0 Å². The van der Waals surface area contributed by atoms with Crippen molar-refractivity contribution in [2.24, 2.45) is 0 Å². The van der Waals surface area contributed by atoms with Crippen molar-refractivity contribution in [3.8, 4) is 0 Å². The van der Waals surface area contributed by atoms with Gasteiger partial charge in [0.05, 0.1) is 0 Å². The summed E-state index contributed by atoms with van der Waals surface area (Å²) in [6, 6.07) is 0. The van der Waals surface area contributed by atoms with Crippen LogP contribution in [0.3, 0.4) is 0 Å². The van der Waals surface area contributed by atoms with E-state index >= 15 is 0 Å². The van der Waals surface area contributed by atoms with Gasteiger partial charge in [0.25, 0.3) is 0 Å². The molecule has 1 fully saturated rings. The predicted molar refractivity (Wildman–Crippen MR) is 58.5 cm³/mol. The van der Waals surface area contributed by atoms with Crippen molar-refractivity contribution in [1.82, 2.24) is 5.32 Å². The van der Waals surface area contributed by atoms with E-state index in [1.54, 1.807) is 0 Å². The van der Waals surface area contributed by atoms with Crippen LogP contribution in [0.25, 0.3) is 0 Å². The average Bonchev–Trinajstić information content (AvgIpc) is 2.56. The second kappa shape index (κ2) is 4.90. The fraction of sp³-hybridized carbons (Fsp3) is 0.500. The lowest BCUT2D eigenvalue weighted by Gasteiger charge is -1.97. The van der Waals surface area contributed by atoms with Gasteiger partial charge in [-0.05, 0) is 25.3 Å². The van der Waals surface area contributed by atoms with Crippen LogP contribution in [0.2, 0.25) is 0 Å². The number of hydrogen-bond acceptors (Lipinski definition) is 1. The first-order chi connectivity index (χ1) is 6.36. The molecule has 72 valence electrons. The van der Waals surface area contributed by atoms with Crippen molar-refractivity contribution in [1.29, 1.82) is 0 Å². The van der Waals surface area contributed by atoms with Crippen LogP contribution >= 0.6 is 0 Å². The molecule has 0 aromatic heterocycles. The van der Waals surface area contributed by atoms with Gasteiger partial charge < -0.3 is 5.32 Å². The zero-order valence-corrected chi connectivity index (χ0v) is 8.85. The first-order valence-electron chi connectivity index (χ1n) is 5.17. The first-order valence-corrected chi connectivity index (χ1v) is 5.17. The lowest BCUT2D eigenvalue weighted by molar-refractivity contribution is 0.909. The zero-order valence-electron chi connectivity index (χ0n) is 8.85. The molecule has 1 aliphatic heterocycles. The maximum absolute atomic E-state index is 3.38. The van der Waals surface area contributed by atoms with Gasteiger partial charge in [0.15, 0.2) is 0 Å². The maximum atomic E-state index is 3.38. The van der Waals surface area contributed by atoms with Crippen LogP contribution in [0, 0.1) is 0 Å². The topological polar surface area (TPSA) is 12.0 Å². The fourth-order valence-corrected chi connectivity index (χ4v) is 1.53. The third-order valence-electron chi connectivity index (χ3n) is 2.25. The van der Waals surface area contributed by atoms with E-state index in [0.29, 0.717) is 0 Å². The van der Waals surface area contributed by atoms with Gasteiger partial charge in [-0.25, -0.2) is 0 Å². The standard InChI is InChI=1S/C10H13N.C2H6/c1-8-2-4-9-6-7-11-10(9)5-3-8;1-2/h2,4-5,11H,3,6-7H2,1H3;1-2H3. The predicted octanol–water partition coefficient (Wildman–Crippen LogP) is 3.17. The molecule has 0 saturated carbocycles. The molecular formula is C12H19N. The summed E-state index contributed by atoms with van der Waals surface area (Å²) in [5, 5.41) is 3.38. The molecule has 2 aliphatic rings. The molecule has 1 heteroatoms. The Morgan fingerprint density at radius 3 is 2.77 bits per heavy atom. The number of rotatable bonds is 0. The molecule has 2 rings (SSSR count). The van der Waals surface area contributed by atoms with Crippen molar-refractivity contribution in [3.05, 3.63) is 35.1 Å². The van der Waals surface area contributed by atoms with Crippen LogP contribution in [0.5, 0.6) is 0 Å². The van der Waals surface area contributed by atoms with Gasteiger partial charge in [0.2, 0.25) is 0 Å². The summed E-state index contributed by atoms with van der Waals surface area (Å²) in [5.74, 6) is 0. The van der Waals surface area contributed by atoms with E-state index in [1.807, 2.05) is 13.8 Å². The van der Waals surface area contributed by atoms with Crippen LogP contribution in [-0.4, -0.2) is 6.54 Å². The molecule has 0 aromatic carbocycles. The number of allylic oxidation sites excluding steroid dienone is 5. The summed E-state index contributed by atoms with van der Waals surface area (Å²) in [5.41, 5.74) is 4.28. The number of fused-ring (bicyclic) bond motifs is 1. The Hall–Kier alpha value is -0.980. The molecule has 0 bridgehead atoms. The minimum absolute atomic E-state index is 1.10. The van der Waals surface area contributed by atoms with Gasteiger partial charge in [0, 0.05) is 12.2 Å². The van der Waals surface area contributed by atoms with Gasteiger partial charge in [-0.3, -0.25) is 0 Å². The van der Waals surface area contributed by atoms with E-state index in [-0.39, 0.29) is 0 Å². The highest BCUT2D eigenvalue weighted by atomic mass is 14.9. The van der Waals surface area contributed by atoms with Crippen molar-refractivity contribution in [3.63, 3.8) is 0 Å². The molecular weight excluding hydrogens is 158 g/mol. The Bertz CT molecular complexity index is 256. The maximum Gasteiger partial charge on any atom is 0.0336 e. The number of nitrogens with one attached hydrogen (secondary N) is 1. The third kappa shape index (κ3) is 2.48.